The third-order valence-electron chi connectivity index (χ3n) is 1.45. The normalized spacial score (nSPS) is 15.2. The predicted octanol–water partition coefficient (Wildman–Crippen LogP) is 1.63. The Morgan fingerprint density at radius 2 is 2.50 bits per heavy atom. The lowest BCUT2D eigenvalue weighted by Gasteiger charge is -1.95. The molecule has 2 N–H and O–H groups in total. The minimum Gasteiger partial charge on any atom is -0.481 e. The summed E-state index contributed by atoms with van der Waals surface area (Å²) in [7, 11) is -2.49. The number of aromatic amines is 2. The summed E-state index contributed by atoms with van der Waals surface area (Å²) in [5.74, 6) is 0.0350. The monoisotopic (exact) mass is 184 g/mol. The number of methoxy groups -OCH3 is 1. The van der Waals surface area contributed by atoms with E-state index in [1.54, 1.807) is 6.07 Å². The lowest BCUT2D eigenvalue weighted by Crippen LogP contribution is -1.86. The molecule has 0 saturated carbocycles. The van der Waals surface area contributed by atoms with Gasteiger partial charge in [0.2, 0.25) is 5.88 Å². The van der Waals surface area contributed by atoms with Crippen molar-refractivity contribution in [3.8, 4) is 5.88 Å². The molecule has 0 fully saturated rings. The Kier molecular flexibility index (Phi) is 0.999. The van der Waals surface area contributed by atoms with E-state index in [2.05, 4.69) is 19.7 Å². The van der Waals surface area contributed by atoms with E-state index in [9.17, 15) is 0 Å². The zero-order chi connectivity index (χ0) is 11.1. The number of imidazole rings is 1. The largest absolute Gasteiger partial charge is 0.481 e. The highest BCUT2D eigenvalue weighted by atomic mass is 32.1. The highest BCUT2D eigenvalue weighted by molar-refractivity contribution is 7.71. The summed E-state index contributed by atoms with van der Waals surface area (Å²) in [4.78, 5) is 9.56. The van der Waals surface area contributed by atoms with Gasteiger partial charge in [-0.05, 0) is 18.3 Å². The molecule has 0 aliphatic rings. The van der Waals surface area contributed by atoms with Gasteiger partial charge in [0.05, 0.1) is 16.7 Å². The number of ether oxygens (including phenoxy) is 1. The van der Waals surface area contributed by atoms with Gasteiger partial charge < -0.3 is 14.7 Å². The summed E-state index contributed by atoms with van der Waals surface area (Å²) in [5, 5.41) is 0. The van der Waals surface area contributed by atoms with Gasteiger partial charge in [0, 0.05) is 6.07 Å². The summed E-state index contributed by atoms with van der Waals surface area (Å²) in [5.41, 5.74) is 1.18. The number of pyridine rings is 1. The van der Waals surface area contributed by atoms with E-state index >= 15 is 0 Å². The topological polar surface area (TPSA) is 53.7 Å². The molecule has 2 heterocycles. The molecule has 0 aromatic carbocycles. The second-order valence-corrected chi connectivity index (χ2v) is 2.64. The van der Waals surface area contributed by atoms with Crippen LogP contribution in [0.4, 0.5) is 0 Å². The molecule has 4 nitrogen and oxygen atoms in total. The molecular formula is C7H7N3OS. The van der Waals surface area contributed by atoms with Crippen molar-refractivity contribution in [1.29, 1.82) is 0 Å². The van der Waals surface area contributed by atoms with Gasteiger partial charge in [0.15, 0.2) is 10.4 Å². The van der Waals surface area contributed by atoms with E-state index in [1.165, 1.54) is 6.07 Å². The Balaban J connectivity index is 2.42. The molecule has 5 heteroatoms. The molecule has 2 aromatic heterocycles. The van der Waals surface area contributed by atoms with Crippen molar-refractivity contribution < 1.29 is 8.85 Å². The molecule has 2 aromatic rings. The fraction of sp³-hybridized carbons (Fsp3) is 0.143. The summed E-state index contributed by atoms with van der Waals surface area (Å²) >= 11 is 4.86. The summed E-state index contributed by atoms with van der Waals surface area (Å²) in [6.45, 7) is 0. The average Bonchev–Trinajstić information content (AvgIpc) is 2.40. The molecule has 0 radical (unpaired) electrons. The summed E-state index contributed by atoms with van der Waals surface area (Å²) in [6.07, 6.45) is 0. The fourth-order valence-electron chi connectivity index (χ4n) is 0.955. The molecule has 0 amide bonds. The molecule has 0 bridgehead atoms. The maximum Gasteiger partial charge on any atom is 0.215 e. The van der Waals surface area contributed by atoms with Crippen LogP contribution in [-0.2, 0) is 0 Å². The fourth-order valence-corrected chi connectivity index (χ4v) is 1.16. The van der Waals surface area contributed by atoms with Crippen molar-refractivity contribution in [2.24, 2.45) is 0 Å². The number of H-pyrrole nitrogens is 2. The molecule has 0 aliphatic carbocycles. The standard InChI is InChI=1S/C7H7N3OS/c1-11-5-3-2-4-6(9-5)10-7(12)8-4/h2-3H,1H3,(H2,8,9,10,12)/i1D3. The van der Waals surface area contributed by atoms with E-state index in [1.807, 2.05) is 0 Å². The van der Waals surface area contributed by atoms with Crippen molar-refractivity contribution >= 4 is 23.4 Å². The van der Waals surface area contributed by atoms with Crippen molar-refractivity contribution in [3.05, 3.63) is 16.9 Å². The molecule has 0 unspecified atom stereocenters. The number of rotatable bonds is 1. The first kappa shape index (κ1) is 4.61. The summed E-state index contributed by atoms with van der Waals surface area (Å²) < 4.78 is 25.8. The van der Waals surface area contributed by atoms with Crippen molar-refractivity contribution in [2.45, 2.75) is 0 Å². The van der Waals surface area contributed by atoms with Crippen LogP contribution in [0.5, 0.6) is 5.88 Å². The molecule has 0 aliphatic heterocycles. The van der Waals surface area contributed by atoms with Gasteiger partial charge in [0.25, 0.3) is 0 Å². The third-order valence-corrected chi connectivity index (χ3v) is 1.66. The Labute approximate surface area is 77.8 Å². The van der Waals surface area contributed by atoms with Gasteiger partial charge in [-0.3, -0.25) is 0 Å². The maximum atomic E-state index is 6.92. The van der Waals surface area contributed by atoms with Gasteiger partial charge in [-0.2, -0.15) is 4.98 Å². The third kappa shape index (κ3) is 1.08. The number of fused-ring (bicyclic) bond motifs is 1. The lowest BCUT2D eigenvalue weighted by molar-refractivity contribution is 0.399. The molecule has 0 atom stereocenters. The summed E-state index contributed by atoms with van der Waals surface area (Å²) in [6, 6.07) is 3.11. The van der Waals surface area contributed by atoms with Crippen LogP contribution in [0.15, 0.2) is 12.1 Å². The highest BCUT2D eigenvalue weighted by Gasteiger charge is 1.98. The van der Waals surface area contributed by atoms with E-state index < -0.39 is 7.04 Å². The number of aromatic nitrogens is 3. The Hall–Kier alpha value is -1.36. The molecule has 0 saturated heterocycles. The van der Waals surface area contributed by atoms with E-state index in [0.29, 0.717) is 15.9 Å². The van der Waals surface area contributed by atoms with Crippen LogP contribution in [-0.4, -0.2) is 22.0 Å². The quantitative estimate of drug-likeness (QED) is 0.662. The molecule has 2 rings (SSSR count). The van der Waals surface area contributed by atoms with Crippen LogP contribution >= 0.6 is 12.2 Å². The van der Waals surface area contributed by atoms with Gasteiger partial charge in [-0.25, -0.2) is 0 Å². The zero-order valence-electron chi connectivity index (χ0n) is 8.92. The second kappa shape index (κ2) is 2.60. The first-order chi connectivity index (χ1) is 6.94. The number of nitrogens with zero attached hydrogens (tertiary/aromatic N) is 1. The molecule has 12 heavy (non-hydrogen) atoms. The minimum atomic E-state index is -2.49. The van der Waals surface area contributed by atoms with Crippen molar-refractivity contribution in [1.82, 2.24) is 15.0 Å². The van der Waals surface area contributed by atoms with Gasteiger partial charge in [-0.15, -0.1) is 0 Å². The SMILES string of the molecule is [2H]C([2H])([2H])Oc1ccc2[nH]c(=S)[nH]c2n1. The maximum absolute atomic E-state index is 6.92. The number of hydrogen-bond donors (Lipinski definition) is 2. The smallest absolute Gasteiger partial charge is 0.215 e. The molecular weight excluding hydrogens is 174 g/mol. The first-order valence-corrected chi connectivity index (χ1v) is 3.63. The van der Waals surface area contributed by atoms with Gasteiger partial charge >= 0.3 is 0 Å². The second-order valence-electron chi connectivity index (χ2n) is 2.23. The average molecular weight is 184 g/mol. The highest BCUT2D eigenvalue weighted by Crippen LogP contribution is 2.12. The van der Waals surface area contributed by atoms with Gasteiger partial charge in [-0.1, -0.05) is 0 Å². The first-order valence-electron chi connectivity index (χ1n) is 4.72. The molecule has 62 valence electrons. The Morgan fingerprint density at radius 1 is 1.58 bits per heavy atom. The predicted molar refractivity (Wildman–Crippen MR) is 47.8 cm³/mol. The van der Waals surface area contributed by atoms with Crippen LogP contribution < -0.4 is 4.74 Å². The van der Waals surface area contributed by atoms with Crippen LogP contribution in [0, 0.1) is 4.77 Å². The van der Waals surface area contributed by atoms with E-state index in [4.69, 9.17) is 16.3 Å². The molecule has 0 spiro atoms. The van der Waals surface area contributed by atoms with Crippen LogP contribution in [0.1, 0.15) is 4.11 Å². The van der Waals surface area contributed by atoms with Gasteiger partial charge in [0.1, 0.15) is 0 Å². The lowest BCUT2D eigenvalue weighted by atomic mass is 10.4. The van der Waals surface area contributed by atoms with Crippen LogP contribution in [0.3, 0.4) is 0 Å². The number of nitrogens with one attached hydrogen (secondary N) is 2. The Morgan fingerprint density at radius 3 is 3.33 bits per heavy atom. The van der Waals surface area contributed by atoms with E-state index in [-0.39, 0.29) is 5.88 Å². The van der Waals surface area contributed by atoms with Crippen LogP contribution in [0.2, 0.25) is 0 Å². The Bertz CT molecular complexity index is 544. The van der Waals surface area contributed by atoms with Crippen molar-refractivity contribution in [3.63, 3.8) is 0 Å². The number of hydrogen-bond acceptors (Lipinski definition) is 3. The van der Waals surface area contributed by atoms with Crippen LogP contribution in [0.25, 0.3) is 11.2 Å². The van der Waals surface area contributed by atoms with Crippen molar-refractivity contribution in [2.75, 3.05) is 7.04 Å². The minimum absolute atomic E-state index is 0.0350. The zero-order valence-corrected chi connectivity index (χ0v) is 6.73. The van der Waals surface area contributed by atoms with E-state index in [0.717, 1.165) is 0 Å².